The largest absolute Gasteiger partial charge is 0.365 e. The predicted molar refractivity (Wildman–Crippen MR) is 267 cm³/mol. The Bertz CT molecular complexity index is 3240. The van der Waals surface area contributed by atoms with E-state index in [-0.39, 0.29) is 24.4 Å². The summed E-state index contributed by atoms with van der Waals surface area (Å²) in [6.07, 6.45) is 22.4. The first kappa shape index (κ1) is 38.4. The van der Waals surface area contributed by atoms with Crippen molar-refractivity contribution in [2.24, 2.45) is 0 Å². The minimum atomic E-state index is -0.0425. The highest BCUT2D eigenvalue weighted by atomic mass is 15.4. The van der Waals surface area contributed by atoms with Gasteiger partial charge in [0.25, 0.3) is 0 Å². The second-order valence-electron chi connectivity index (χ2n) is 17.8. The average Bonchev–Trinajstić information content (AvgIpc) is 3.35. The molecule has 4 atom stereocenters. The Labute approximate surface area is 376 Å². The van der Waals surface area contributed by atoms with Crippen molar-refractivity contribution >= 4 is 33.3 Å². The lowest BCUT2D eigenvalue weighted by Gasteiger charge is -2.48. The molecule has 64 heavy (non-hydrogen) atoms. The number of likely N-dealkylation sites (N-methyl/N-ethyl adjacent to an activating group) is 1. The van der Waals surface area contributed by atoms with Crippen molar-refractivity contribution in [3.8, 4) is 22.3 Å². The maximum absolute atomic E-state index is 4.02. The van der Waals surface area contributed by atoms with Crippen LogP contribution in [-0.4, -0.2) is 36.0 Å². The van der Waals surface area contributed by atoms with E-state index in [2.05, 4.69) is 241 Å². The van der Waals surface area contributed by atoms with Crippen LogP contribution in [0.5, 0.6) is 0 Å². The molecule has 5 aliphatic rings. The highest BCUT2D eigenvalue weighted by molar-refractivity contribution is 5.97. The molecule has 0 fully saturated rings. The van der Waals surface area contributed by atoms with Gasteiger partial charge in [0.05, 0.1) is 17.8 Å². The van der Waals surface area contributed by atoms with E-state index < -0.39 is 0 Å². The summed E-state index contributed by atoms with van der Waals surface area (Å²) in [5, 5.41) is 13.0. The van der Waals surface area contributed by atoms with Crippen LogP contribution in [0.4, 0.5) is 0 Å². The molecule has 0 saturated heterocycles. The molecular formula is C60H50N4. The van der Waals surface area contributed by atoms with Crippen molar-refractivity contribution in [3.05, 3.63) is 251 Å². The van der Waals surface area contributed by atoms with E-state index in [9.17, 15) is 0 Å². The van der Waals surface area contributed by atoms with Gasteiger partial charge < -0.3 is 10.2 Å². The van der Waals surface area contributed by atoms with Crippen molar-refractivity contribution in [3.63, 3.8) is 0 Å². The number of allylic oxidation sites excluding steroid dienone is 5. The zero-order chi connectivity index (χ0) is 42.7. The molecule has 2 N–H and O–H groups in total. The number of nitrogens with one attached hydrogen (secondary N) is 2. The molecule has 0 radical (unpaired) electrons. The monoisotopic (exact) mass is 826 g/mol. The first-order valence-electron chi connectivity index (χ1n) is 22.7. The SMILES string of the molecule is CN1C(c2ccc3c(c2)CCC(C2=C4C=CC=CC4NC(c4cccc(-c5cccc6ccccc56)c4)N2)=C3)=C2C=CC=CC2N(C)C1c1cccc(-c2cccc3ccccc23)c1. The van der Waals surface area contributed by atoms with E-state index in [1.165, 1.54) is 99.7 Å². The first-order chi connectivity index (χ1) is 31.6. The van der Waals surface area contributed by atoms with Crippen molar-refractivity contribution in [2.45, 2.75) is 37.3 Å². The molecule has 12 rings (SSSR count). The third-order valence-electron chi connectivity index (χ3n) is 14.1. The number of hydrogen-bond donors (Lipinski definition) is 2. The number of aryl methyl sites for hydroxylation is 1. The van der Waals surface area contributed by atoms with E-state index in [0.29, 0.717) is 0 Å². The molecule has 0 bridgehead atoms. The van der Waals surface area contributed by atoms with Crippen LogP contribution in [0.2, 0.25) is 0 Å². The third kappa shape index (κ3) is 6.61. The summed E-state index contributed by atoms with van der Waals surface area (Å²) in [5.41, 5.74) is 18.0. The molecule has 310 valence electrons. The lowest BCUT2D eigenvalue weighted by molar-refractivity contribution is 0.0999. The van der Waals surface area contributed by atoms with Crippen LogP contribution in [0.3, 0.4) is 0 Å². The van der Waals surface area contributed by atoms with Gasteiger partial charge in [-0.25, -0.2) is 0 Å². The Morgan fingerprint density at radius 1 is 0.547 bits per heavy atom. The lowest BCUT2D eigenvalue weighted by Crippen LogP contribution is -2.47. The number of rotatable bonds is 6. The van der Waals surface area contributed by atoms with Crippen LogP contribution in [0.25, 0.3) is 55.6 Å². The quantitative estimate of drug-likeness (QED) is 0.175. The summed E-state index contributed by atoms with van der Waals surface area (Å²) in [6.45, 7) is 0. The molecule has 4 unspecified atom stereocenters. The van der Waals surface area contributed by atoms with E-state index in [0.717, 1.165) is 12.8 Å². The van der Waals surface area contributed by atoms with Gasteiger partial charge in [0.1, 0.15) is 12.3 Å². The Balaban J connectivity index is 0.870. The zero-order valence-corrected chi connectivity index (χ0v) is 36.2. The van der Waals surface area contributed by atoms with Gasteiger partial charge in [-0.05, 0) is 132 Å². The van der Waals surface area contributed by atoms with Crippen molar-refractivity contribution in [1.82, 2.24) is 20.4 Å². The number of nitrogens with zero attached hydrogens (tertiary/aromatic N) is 2. The smallest absolute Gasteiger partial charge is 0.108 e. The number of benzene rings is 7. The summed E-state index contributed by atoms with van der Waals surface area (Å²) in [6, 6.07) is 56.3. The highest BCUT2D eigenvalue weighted by Gasteiger charge is 2.38. The van der Waals surface area contributed by atoms with Gasteiger partial charge in [-0.3, -0.25) is 10.2 Å². The Morgan fingerprint density at radius 3 is 1.94 bits per heavy atom. The van der Waals surface area contributed by atoms with Crippen molar-refractivity contribution in [1.29, 1.82) is 0 Å². The second kappa shape index (κ2) is 15.8. The number of hydrogen-bond acceptors (Lipinski definition) is 4. The molecule has 0 saturated carbocycles. The van der Waals surface area contributed by atoms with Crippen molar-refractivity contribution in [2.75, 3.05) is 14.1 Å². The predicted octanol–water partition coefficient (Wildman–Crippen LogP) is 13.1. The van der Waals surface area contributed by atoms with Crippen LogP contribution in [0, 0.1) is 0 Å². The van der Waals surface area contributed by atoms with Gasteiger partial charge in [0.15, 0.2) is 0 Å². The Hall–Kier alpha value is -7.24. The fourth-order valence-electron chi connectivity index (χ4n) is 11.1. The highest BCUT2D eigenvalue weighted by Crippen LogP contribution is 2.44. The van der Waals surface area contributed by atoms with Gasteiger partial charge in [0.2, 0.25) is 0 Å². The standard InChI is InChI=1S/C60H50N4/c1-63-56-30-10-8-26-54(56)58(64(2)60(63)48-22-12-20-44(38-48)52-28-14-18-40-16-4-6-24-50(40)52)46-34-32-41-35-45(33-31-42(41)36-46)57-53-25-7-9-29-55(53)61-59(62-57)47-21-11-19-43(37-47)51-27-13-17-39-15-3-5-23-49(39)51/h3-30,32,34-38,55-56,59-62H,31,33H2,1-2H3. The average molecular weight is 827 g/mol. The van der Waals surface area contributed by atoms with Gasteiger partial charge in [-0.2, -0.15) is 0 Å². The first-order valence-corrected chi connectivity index (χ1v) is 22.7. The van der Waals surface area contributed by atoms with Gasteiger partial charge in [0, 0.05) is 12.7 Å². The topological polar surface area (TPSA) is 30.5 Å². The molecule has 0 aromatic heterocycles. The van der Waals surface area contributed by atoms with E-state index >= 15 is 0 Å². The molecule has 4 heteroatoms. The zero-order valence-electron chi connectivity index (χ0n) is 36.2. The maximum atomic E-state index is 4.02. The van der Waals surface area contributed by atoms with Crippen LogP contribution < -0.4 is 10.6 Å². The molecule has 0 spiro atoms. The van der Waals surface area contributed by atoms with E-state index in [1.54, 1.807) is 0 Å². The molecule has 2 aliphatic heterocycles. The molecule has 7 aromatic rings. The minimum Gasteiger partial charge on any atom is -0.365 e. The molecule has 7 aromatic carbocycles. The summed E-state index contributed by atoms with van der Waals surface area (Å²) in [5.74, 6) is 0. The maximum Gasteiger partial charge on any atom is 0.108 e. The molecule has 2 heterocycles. The summed E-state index contributed by atoms with van der Waals surface area (Å²) in [7, 11) is 4.55. The van der Waals surface area contributed by atoms with Crippen molar-refractivity contribution < 1.29 is 0 Å². The Morgan fingerprint density at radius 2 is 1.19 bits per heavy atom. The van der Waals surface area contributed by atoms with Gasteiger partial charge >= 0.3 is 0 Å². The second-order valence-corrected chi connectivity index (χ2v) is 17.8. The fourth-order valence-corrected chi connectivity index (χ4v) is 11.1. The van der Waals surface area contributed by atoms with E-state index in [1.807, 2.05) is 0 Å². The van der Waals surface area contributed by atoms with Crippen LogP contribution in [0.1, 0.15) is 46.6 Å². The molecule has 3 aliphatic carbocycles. The minimum absolute atomic E-state index is 0.0425. The summed E-state index contributed by atoms with van der Waals surface area (Å²) in [4.78, 5) is 5.03. The van der Waals surface area contributed by atoms with Gasteiger partial charge in [-0.1, -0.05) is 182 Å². The van der Waals surface area contributed by atoms with Gasteiger partial charge in [-0.15, -0.1) is 0 Å². The Kier molecular flexibility index (Phi) is 9.51. The molecule has 0 amide bonds. The number of fused-ring (bicyclic) bond motifs is 5. The lowest BCUT2D eigenvalue weighted by atomic mass is 9.84. The molecule has 4 nitrogen and oxygen atoms in total. The van der Waals surface area contributed by atoms with E-state index in [4.69, 9.17) is 0 Å². The third-order valence-corrected chi connectivity index (χ3v) is 14.1. The van der Waals surface area contributed by atoms with Crippen LogP contribution >= 0.6 is 0 Å². The van der Waals surface area contributed by atoms with Crippen LogP contribution in [0.15, 0.2) is 223 Å². The summed E-state index contributed by atoms with van der Waals surface area (Å²) >= 11 is 0. The molecular weight excluding hydrogens is 777 g/mol. The summed E-state index contributed by atoms with van der Waals surface area (Å²) < 4.78 is 0. The van der Waals surface area contributed by atoms with Crippen LogP contribution in [-0.2, 0) is 6.42 Å². The fraction of sp³-hybridized carbons (Fsp3) is 0.133. The normalized spacial score (nSPS) is 21.5.